The fourth-order valence-electron chi connectivity index (χ4n) is 3.50. The average Bonchev–Trinajstić information content (AvgIpc) is 2.70. The van der Waals surface area contributed by atoms with Crippen LogP contribution in [0.15, 0.2) is 102 Å². The van der Waals surface area contributed by atoms with Crippen molar-refractivity contribution < 1.29 is 0 Å². The first-order valence-electron chi connectivity index (χ1n) is 8.81. The number of aliphatic imine (C=N–C) groups is 1. The molecule has 1 heteroatoms. The highest BCUT2D eigenvalue weighted by Gasteiger charge is 2.00. The third kappa shape index (κ3) is 2.64. The summed E-state index contributed by atoms with van der Waals surface area (Å²) in [5, 5.41) is 7.43. The van der Waals surface area contributed by atoms with E-state index in [1.807, 2.05) is 6.21 Å². The van der Waals surface area contributed by atoms with Crippen molar-refractivity contribution in [3.63, 3.8) is 0 Å². The molecule has 0 bridgehead atoms. The Kier molecular flexibility index (Phi) is 3.50. The highest BCUT2D eigenvalue weighted by Crippen LogP contribution is 2.26. The molecule has 26 heavy (non-hydrogen) atoms. The quantitative estimate of drug-likeness (QED) is 0.246. The van der Waals surface area contributed by atoms with Gasteiger partial charge < -0.3 is 0 Å². The van der Waals surface area contributed by atoms with Gasteiger partial charge >= 0.3 is 0 Å². The molecule has 0 atom stereocenters. The lowest BCUT2D eigenvalue weighted by molar-refractivity contribution is 1.57. The van der Waals surface area contributed by atoms with Crippen LogP contribution in [0.3, 0.4) is 0 Å². The van der Waals surface area contributed by atoms with Gasteiger partial charge in [0.05, 0.1) is 5.69 Å². The molecule has 0 spiro atoms. The zero-order valence-electron chi connectivity index (χ0n) is 14.3. The summed E-state index contributed by atoms with van der Waals surface area (Å²) < 4.78 is 0. The number of rotatable bonds is 2. The molecule has 0 aliphatic carbocycles. The summed E-state index contributed by atoms with van der Waals surface area (Å²) >= 11 is 0. The van der Waals surface area contributed by atoms with Crippen molar-refractivity contribution in [3.8, 4) is 0 Å². The molecule has 0 amide bonds. The van der Waals surface area contributed by atoms with Crippen LogP contribution in [0.2, 0.25) is 0 Å². The van der Waals surface area contributed by atoms with Crippen LogP contribution in [-0.4, -0.2) is 6.21 Å². The molecule has 5 aromatic rings. The molecule has 122 valence electrons. The van der Waals surface area contributed by atoms with Crippen LogP contribution in [0.4, 0.5) is 5.69 Å². The SMILES string of the molecule is C(=Nc1cccc2ccccc12)c1ccc2cc3ccccc3cc2c1. The molecule has 0 aliphatic heterocycles. The maximum atomic E-state index is 4.75. The van der Waals surface area contributed by atoms with E-state index in [0.717, 1.165) is 11.3 Å². The van der Waals surface area contributed by atoms with Gasteiger partial charge in [-0.15, -0.1) is 0 Å². The monoisotopic (exact) mass is 331 g/mol. The van der Waals surface area contributed by atoms with Crippen LogP contribution >= 0.6 is 0 Å². The van der Waals surface area contributed by atoms with Crippen molar-refractivity contribution in [2.45, 2.75) is 0 Å². The molecule has 1 nitrogen and oxygen atoms in total. The van der Waals surface area contributed by atoms with E-state index in [9.17, 15) is 0 Å². The third-order valence-electron chi connectivity index (χ3n) is 4.85. The van der Waals surface area contributed by atoms with Gasteiger partial charge in [0.15, 0.2) is 0 Å². The molecule has 0 unspecified atom stereocenters. The van der Waals surface area contributed by atoms with E-state index in [1.54, 1.807) is 0 Å². The molecule has 0 saturated heterocycles. The third-order valence-corrected chi connectivity index (χ3v) is 4.85. The molecular weight excluding hydrogens is 314 g/mol. The molecule has 0 heterocycles. The predicted molar refractivity (Wildman–Crippen MR) is 113 cm³/mol. The predicted octanol–water partition coefficient (Wildman–Crippen LogP) is 6.90. The van der Waals surface area contributed by atoms with Crippen LogP contribution in [0, 0.1) is 0 Å². The summed E-state index contributed by atoms with van der Waals surface area (Å²) in [7, 11) is 0. The van der Waals surface area contributed by atoms with Gasteiger partial charge in [0.25, 0.3) is 0 Å². The topological polar surface area (TPSA) is 12.4 Å². The lowest BCUT2D eigenvalue weighted by atomic mass is 10.0. The van der Waals surface area contributed by atoms with E-state index in [1.165, 1.54) is 32.3 Å². The molecule has 0 radical (unpaired) electrons. The number of hydrogen-bond acceptors (Lipinski definition) is 1. The second-order valence-electron chi connectivity index (χ2n) is 6.56. The van der Waals surface area contributed by atoms with Crippen molar-refractivity contribution in [1.29, 1.82) is 0 Å². The van der Waals surface area contributed by atoms with Gasteiger partial charge in [0.2, 0.25) is 0 Å². The highest BCUT2D eigenvalue weighted by atomic mass is 14.7. The van der Waals surface area contributed by atoms with Gasteiger partial charge in [0, 0.05) is 11.6 Å². The summed E-state index contributed by atoms with van der Waals surface area (Å²) in [6.45, 7) is 0. The smallest absolute Gasteiger partial charge is 0.0708 e. The maximum absolute atomic E-state index is 4.75. The van der Waals surface area contributed by atoms with E-state index >= 15 is 0 Å². The van der Waals surface area contributed by atoms with Crippen molar-refractivity contribution in [3.05, 3.63) is 103 Å². The summed E-state index contributed by atoms with van der Waals surface area (Å²) in [5.74, 6) is 0. The lowest BCUT2D eigenvalue weighted by Crippen LogP contribution is -1.83. The Labute approximate surface area is 152 Å². The number of hydrogen-bond donors (Lipinski definition) is 0. The van der Waals surface area contributed by atoms with Crippen molar-refractivity contribution in [2.24, 2.45) is 4.99 Å². The molecule has 0 N–H and O–H groups in total. The van der Waals surface area contributed by atoms with E-state index in [4.69, 9.17) is 4.99 Å². The molecule has 0 fully saturated rings. The lowest BCUT2D eigenvalue weighted by Gasteiger charge is -2.04. The van der Waals surface area contributed by atoms with E-state index in [-0.39, 0.29) is 0 Å². The Morgan fingerprint density at radius 2 is 1.15 bits per heavy atom. The largest absolute Gasteiger partial charge is 0.256 e. The van der Waals surface area contributed by atoms with Gasteiger partial charge in [-0.2, -0.15) is 0 Å². The Balaban J connectivity index is 1.58. The molecule has 5 rings (SSSR count). The van der Waals surface area contributed by atoms with Gasteiger partial charge in [0.1, 0.15) is 0 Å². The molecule has 0 aromatic heterocycles. The van der Waals surface area contributed by atoms with Gasteiger partial charge in [-0.25, -0.2) is 0 Å². The number of fused-ring (bicyclic) bond motifs is 3. The standard InChI is InChI=1S/C25H17N/c1-2-8-21-16-23-14-18(12-13-22(23)15-20(21)7-1)17-26-25-11-5-9-19-6-3-4-10-24(19)25/h1-17H. The zero-order valence-corrected chi connectivity index (χ0v) is 14.3. The highest BCUT2D eigenvalue weighted by molar-refractivity contribution is 6.01. The maximum Gasteiger partial charge on any atom is 0.0708 e. The normalized spacial score (nSPS) is 11.7. The first-order chi connectivity index (χ1) is 12.9. The first kappa shape index (κ1) is 14.9. The van der Waals surface area contributed by atoms with Gasteiger partial charge in [-0.3, -0.25) is 4.99 Å². The van der Waals surface area contributed by atoms with Crippen LogP contribution < -0.4 is 0 Å². The van der Waals surface area contributed by atoms with Crippen LogP contribution in [0.25, 0.3) is 32.3 Å². The summed E-state index contributed by atoms with van der Waals surface area (Å²) in [5.41, 5.74) is 2.11. The average molecular weight is 331 g/mol. The second kappa shape index (κ2) is 6.12. The fourth-order valence-corrected chi connectivity index (χ4v) is 3.50. The Morgan fingerprint density at radius 3 is 2.00 bits per heavy atom. The Hall–Kier alpha value is -3.45. The van der Waals surface area contributed by atoms with Gasteiger partial charge in [-0.05, 0) is 56.8 Å². The molecule has 0 saturated carbocycles. The van der Waals surface area contributed by atoms with Crippen molar-refractivity contribution >= 4 is 44.2 Å². The first-order valence-corrected chi connectivity index (χ1v) is 8.81. The van der Waals surface area contributed by atoms with E-state index < -0.39 is 0 Å². The number of benzene rings is 5. The molecule has 0 aliphatic rings. The zero-order chi connectivity index (χ0) is 17.3. The van der Waals surface area contributed by atoms with Crippen LogP contribution in [0.1, 0.15) is 5.56 Å². The summed E-state index contributed by atoms with van der Waals surface area (Å²) in [6, 6.07) is 34.1. The van der Waals surface area contributed by atoms with E-state index in [2.05, 4.69) is 97.1 Å². The summed E-state index contributed by atoms with van der Waals surface area (Å²) in [6.07, 6.45) is 1.95. The molecule has 5 aromatic carbocycles. The van der Waals surface area contributed by atoms with Gasteiger partial charge in [-0.1, -0.05) is 72.8 Å². The minimum Gasteiger partial charge on any atom is -0.256 e. The Bertz CT molecular complexity index is 1280. The molecular formula is C25H17N. The summed E-state index contributed by atoms with van der Waals surface area (Å²) in [4.78, 5) is 4.75. The fraction of sp³-hybridized carbons (Fsp3) is 0. The van der Waals surface area contributed by atoms with Crippen LogP contribution in [0.5, 0.6) is 0 Å². The number of nitrogens with zero attached hydrogens (tertiary/aromatic N) is 1. The minimum absolute atomic E-state index is 1.00. The van der Waals surface area contributed by atoms with Crippen LogP contribution in [-0.2, 0) is 0 Å². The van der Waals surface area contributed by atoms with Crippen molar-refractivity contribution in [2.75, 3.05) is 0 Å². The van der Waals surface area contributed by atoms with E-state index in [0.29, 0.717) is 0 Å². The Morgan fingerprint density at radius 1 is 0.500 bits per heavy atom. The second-order valence-corrected chi connectivity index (χ2v) is 6.56. The minimum atomic E-state index is 1.00. The van der Waals surface area contributed by atoms with Crippen molar-refractivity contribution in [1.82, 2.24) is 0 Å².